The van der Waals surface area contributed by atoms with Gasteiger partial charge < -0.3 is 19.7 Å². The Morgan fingerprint density at radius 1 is 1.35 bits per heavy atom. The van der Waals surface area contributed by atoms with Crippen LogP contribution < -0.4 is 0 Å². The molecule has 1 aromatic carbocycles. The molecular formula is C12H15NO4. The van der Waals surface area contributed by atoms with Gasteiger partial charge in [0.15, 0.2) is 11.5 Å². The molecular weight excluding hydrogens is 222 g/mol. The van der Waals surface area contributed by atoms with Gasteiger partial charge in [-0.1, -0.05) is 6.07 Å². The summed E-state index contributed by atoms with van der Waals surface area (Å²) in [6, 6.07) is 5.08. The highest BCUT2D eigenvalue weighted by molar-refractivity contribution is 5.73. The fraction of sp³-hybridized carbons (Fsp3) is 0.417. The number of rotatable bonds is 4. The minimum absolute atomic E-state index is 0.134. The van der Waals surface area contributed by atoms with Gasteiger partial charge in [-0.05, 0) is 24.1 Å². The first-order chi connectivity index (χ1) is 8.11. The van der Waals surface area contributed by atoms with Gasteiger partial charge in [-0.3, -0.25) is 0 Å². The van der Waals surface area contributed by atoms with Crippen LogP contribution in [-0.4, -0.2) is 33.0 Å². The number of hydrogen-bond acceptors (Lipinski definition) is 5. The zero-order valence-electron chi connectivity index (χ0n) is 9.50. The average molecular weight is 237 g/mol. The summed E-state index contributed by atoms with van der Waals surface area (Å²) in [6.45, 7) is 1.58. The van der Waals surface area contributed by atoms with Crippen molar-refractivity contribution in [2.24, 2.45) is 0 Å². The van der Waals surface area contributed by atoms with Crippen LogP contribution in [0.1, 0.15) is 24.0 Å². The van der Waals surface area contributed by atoms with E-state index in [1.54, 1.807) is 25.1 Å². The van der Waals surface area contributed by atoms with Gasteiger partial charge in [-0.15, -0.1) is 0 Å². The van der Waals surface area contributed by atoms with Crippen LogP contribution in [0, 0.1) is 6.92 Å². The van der Waals surface area contributed by atoms with E-state index < -0.39 is 12.2 Å². The highest BCUT2D eigenvalue weighted by Gasteiger charge is 2.18. The van der Waals surface area contributed by atoms with Gasteiger partial charge in [0.2, 0.25) is 0 Å². The average Bonchev–Trinajstić information content (AvgIpc) is 2.67. The van der Waals surface area contributed by atoms with Crippen LogP contribution in [-0.2, 0) is 0 Å². The van der Waals surface area contributed by atoms with E-state index in [9.17, 15) is 10.2 Å². The van der Waals surface area contributed by atoms with Crippen LogP contribution in [0.5, 0.6) is 0 Å². The molecule has 0 bridgehead atoms. The minimum atomic E-state index is -1.03. The van der Waals surface area contributed by atoms with Crippen molar-refractivity contribution in [3.63, 3.8) is 0 Å². The highest BCUT2D eigenvalue weighted by Crippen LogP contribution is 2.24. The third-order valence-corrected chi connectivity index (χ3v) is 2.65. The third-order valence-electron chi connectivity index (χ3n) is 2.65. The van der Waals surface area contributed by atoms with Crippen LogP contribution in [0.4, 0.5) is 0 Å². The first-order valence-corrected chi connectivity index (χ1v) is 5.46. The maximum atomic E-state index is 9.86. The van der Waals surface area contributed by atoms with Crippen molar-refractivity contribution in [2.75, 3.05) is 6.61 Å². The van der Waals surface area contributed by atoms with E-state index in [1.807, 2.05) is 0 Å². The molecule has 1 heterocycles. The molecule has 0 fully saturated rings. The first-order valence-electron chi connectivity index (χ1n) is 5.46. The van der Waals surface area contributed by atoms with E-state index in [0.29, 0.717) is 17.0 Å². The molecule has 2 rings (SSSR count). The standard InChI is InChI=1S/C12H15NO4/c1-7-13-9-3-2-8(6-11(9)17-7)12(16)10(15)4-5-14/h2-3,6,10,12,14-16H,4-5H2,1H3. The minimum Gasteiger partial charge on any atom is -0.441 e. The second kappa shape index (κ2) is 4.83. The summed E-state index contributed by atoms with van der Waals surface area (Å²) < 4.78 is 5.35. The lowest BCUT2D eigenvalue weighted by molar-refractivity contribution is 0.00425. The number of hydrogen-bond donors (Lipinski definition) is 3. The number of aliphatic hydroxyl groups is 3. The monoisotopic (exact) mass is 237 g/mol. The molecule has 5 nitrogen and oxygen atoms in total. The molecule has 0 aliphatic heterocycles. The van der Waals surface area contributed by atoms with Crippen molar-refractivity contribution in [3.05, 3.63) is 29.7 Å². The second-order valence-electron chi connectivity index (χ2n) is 3.98. The molecule has 92 valence electrons. The SMILES string of the molecule is Cc1nc2ccc(C(O)C(O)CCO)cc2o1. The Kier molecular flexibility index (Phi) is 3.42. The van der Waals surface area contributed by atoms with Crippen LogP contribution in [0.2, 0.25) is 0 Å². The van der Waals surface area contributed by atoms with Crippen LogP contribution in [0.15, 0.2) is 22.6 Å². The van der Waals surface area contributed by atoms with Gasteiger partial charge in [-0.2, -0.15) is 0 Å². The van der Waals surface area contributed by atoms with Gasteiger partial charge in [-0.25, -0.2) is 4.98 Å². The largest absolute Gasteiger partial charge is 0.441 e. The van der Waals surface area contributed by atoms with Crippen molar-refractivity contribution < 1.29 is 19.7 Å². The zero-order valence-corrected chi connectivity index (χ0v) is 9.50. The van der Waals surface area contributed by atoms with Crippen molar-refractivity contribution in [2.45, 2.75) is 25.6 Å². The Bertz CT molecular complexity index is 508. The molecule has 5 heteroatoms. The maximum Gasteiger partial charge on any atom is 0.192 e. The van der Waals surface area contributed by atoms with Crippen molar-refractivity contribution in [3.8, 4) is 0 Å². The summed E-state index contributed by atoms with van der Waals surface area (Å²) in [7, 11) is 0. The number of fused-ring (bicyclic) bond motifs is 1. The zero-order chi connectivity index (χ0) is 12.4. The summed E-state index contributed by atoms with van der Waals surface area (Å²) in [5.41, 5.74) is 1.85. The van der Waals surface area contributed by atoms with Crippen LogP contribution in [0.3, 0.4) is 0 Å². The van der Waals surface area contributed by atoms with Gasteiger partial charge in [0.05, 0.1) is 6.10 Å². The van der Waals surface area contributed by atoms with Gasteiger partial charge >= 0.3 is 0 Å². The number of benzene rings is 1. The summed E-state index contributed by atoms with van der Waals surface area (Å²) in [4.78, 5) is 4.14. The summed E-state index contributed by atoms with van der Waals surface area (Å²) in [6.07, 6.45) is -1.88. The van der Waals surface area contributed by atoms with Gasteiger partial charge in [0.25, 0.3) is 0 Å². The first kappa shape index (κ1) is 12.0. The van der Waals surface area contributed by atoms with Gasteiger partial charge in [0.1, 0.15) is 11.6 Å². The van der Waals surface area contributed by atoms with E-state index in [4.69, 9.17) is 9.52 Å². The van der Waals surface area contributed by atoms with E-state index in [0.717, 1.165) is 5.52 Å². The Morgan fingerprint density at radius 3 is 2.82 bits per heavy atom. The van der Waals surface area contributed by atoms with E-state index in [-0.39, 0.29) is 13.0 Å². The number of oxazole rings is 1. The summed E-state index contributed by atoms with van der Waals surface area (Å²) in [5, 5.41) is 28.2. The Balaban J connectivity index is 2.28. The molecule has 2 unspecified atom stereocenters. The highest BCUT2D eigenvalue weighted by atomic mass is 16.3. The molecule has 2 atom stereocenters. The lowest BCUT2D eigenvalue weighted by Crippen LogP contribution is -2.19. The predicted octanol–water partition coefficient (Wildman–Crippen LogP) is 0.913. The predicted molar refractivity (Wildman–Crippen MR) is 61.4 cm³/mol. The molecule has 1 aromatic heterocycles. The fourth-order valence-corrected chi connectivity index (χ4v) is 1.75. The van der Waals surface area contributed by atoms with Crippen LogP contribution >= 0.6 is 0 Å². The van der Waals surface area contributed by atoms with E-state index >= 15 is 0 Å². The van der Waals surface area contributed by atoms with E-state index in [2.05, 4.69) is 4.98 Å². The normalized spacial score (nSPS) is 15.1. The molecule has 0 spiro atoms. The fourth-order valence-electron chi connectivity index (χ4n) is 1.75. The molecule has 0 radical (unpaired) electrons. The smallest absolute Gasteiger partial charge is 0.192 e. The molecule has 0 amide bonds. The Labute approximate surface area is 98.3 Å². The van der Waals surface area contributed by atoms with E-state index in [1.165, 1.54) is 0 Å². The Hall–Kier alpha value is -1.43. The molecule has 0 saturated heterocycles. The molecule has 3 N–H and O–H groups in total. The molecule has 2 aromatic rings. The number of aromatic nitrogens is 1. The Morgan fingerprint density at radius 2 is 2.12 bits per heavy atom. The summed E-state index contributed by atoms with van der Waals surface area (Å²) >= 11 is 0. The lowest BCUT2D eigenvalue weighted by Gasteiger charge is -2.16. The molecule has 0 saturated carbocycles. The lowest BCUT2D eigenvalue weighted by atomic mass is 10.0. The van der Waals surface area contributed by atoms with Crippen molar-refractivity contribution in [1.82, 2.24) is 4.98 Å². The summed E-state index contributed by atoms with van der Waals surface area (Å²) in [5.74, 6) is 0.558. The second-order valence-corrected chi connectivity index (χ2v) is 3.98. The number of aliphatic hydroxyl groups excluding tert-OH is 3. The number of nitrogens with zero attached hydrogens (tertiary/aromatic N) is 1. The van der Waals surface area contributed by atoms with Crippen molar-refractivity contribution in [1.29, 1.82) is 0 Å². The van der Waals surface area contributed by atoms with Crippen LogP contribution in [0.25, 0.3) is 11.1 Å². The topological polar surface area (TPSA) is 86.7 Å². The number of aryl methyl sites for hydroxylation is 1. The molecule has 0 aliphatic carbocycles. The van der Waals surface area contributed by atoms with Crippen molar-refractivity contribution >= 4 is 11.1 Å². The van der Waals surface area contributed by atoms with Gasteiger partial charge in [0, 0.05) is 13.5 Å². The quantitative estimate of drug-likeness (QED) is 0.735. The molecule has 0 aliphatic rings. The maximum absolute atomic E-state index is 9.86. The molecule has 17 heavy (non-hydrogen) atoms. The third kappa shape index (κ3) is 2.46.